The first-order valence-electron chi connectivity index (χ1n) is 10.8. The van der Waals surface area contributed by atoms with Crippen LogP contribution in [0, 0.1) is 0 Å². The Labute approximate surface area is 195 Å². The highest BCUT2D eigenvalue weighted by Crippen LogP contribution is 2.38. The van der Waals surface area contributed by atoms with E-state index in [1.165, 1.54) is 23.5 Å². The summed E-state index contributed by atoms with van der Waals surface area (Å²) in [5, 5.41) is 6.90. The monoisotopic (exact) mass is 467 g/mol. The maximum atomic E-state index is 13.0. The third-order valence-corrected chi connectivity index (χ3v) is 7.20. The summed E-state index contributed by atoms with van der Waals surface area (Å²) in [7, 11) is 2.92. The topological polar surface area (TPSA) is 84.2 Å². The fourth-order valence-electron chi connectivity index (χ4n) is 4.63. The summed E-state index contributed by atoms with van der Waals surface area (Å²) in [6.07, 6.45) is 1.43. The molecule has 9 heteroatoms. The molecule has 1 fully saturated rings. The minimum absolute atomic E-state index is 0.117. The molecule has 1 spiro atoms. The molecule has 1 N–H and O–H groups in total. The second-order valence-corrected chi connectivity index (χ2v) is 9.10. The quantitative estimate of drug-likeness (QED) is 0.563. The highest BCUT2D eigenvalue weighted by molar-refractivity contribution is 7.12. The average Bonchev–Trinajstić information content (AvgIpc) is 3.50. The number of likely N-dealkylation sites (tertiary alicyclic amines) is 1. The SMILES string of the molecule is COC(=O)c1sccc1-c1ccc(CN2CCC3(CC2)Nc2ccccc2C(=O)N3OC)o1. The van der Waals surface area contributed by atoms with E-state index in [9.17, 15) is 9.59 Å². The second kappa shape index (κ2) is 8.66. The van der Waals surface area contributed by atoms with Crippen LogP contribution in [-0.4, -0.2) is 54.8 Å². The lowest BCUT2D eigenvalue weighted by atomic mass is 9.91. The number of benzene rings is 1. The number of methoxy groups -OCH3 is 1. The van der Waals surface area contributed by atoms with Gasteiger partial charge in [-0.2, -0.15) is 5.06 Å². The van der Waals surface area contributed by atoms with E-state index in [0.717, 1.165) is 30.1 Å². The normalized spacial score (nSPS) is 17.6. The zero-order valence-electron chi connectivity index (χ0n) is 18.5. The van der Waals surface area contributed by atoms with E-state index in [1.807, 2.05) is 47.8 Å². The average molecular weight is 468 g/mol. The predicted molar refractivity (Wildman–Crippen MR) is 124 cm³/mol. The fourth-order valence-corrected chi connectivity index (χ4v) is 5.45. The first kappa shape index (κ1) is 21.7. The molecule has 5 rings (SSSR count). The molecule has 0 unspecified atom stereocenters. The number of hydroxylamine groups is 2. The number of amides is 1. The van der Waals surface area contributed by atoms with Crippen molar-refractivity contribution in [3.05, 3.63) is 64.0 Å². The summed E-state index contributed by atoms with van der Waals surface area (Å²) in [4.78, 5) is 33.4. The van der Waals surface area contributed by atoms with Gasteiger partial charge in [0.2, 0.25) is 0 Å². The maximum absolute atomic E-state index is 13.0. The van der Waals surface area contributed by atoms with Gasteiger partial charge >= 0.3 is 5.97 Å². The number of ether oxygens (including phenoxy) is 1. The van der Waals surface area contributed by atoms with Gasteiger partial charge in [-0.3, -0.25) is 14.5 Å². The Hall–Kier alpha value is -3.14. The highest BCUT2D eigenvalue weighted by Gasteiger charge is 2.47. The molecule has 3 aromatic rings. The molecule has 0 radical (unpaired) electrons. The number of piperidine rings is 1. The minimum Gasteiger partial charge on any atom is -0.465 e. The molecule has 0 aliphatic carbocycles. The zero-order chi connectivity index (χ0) is 23.0. The number of carbonyl (C=O) groups is 2. The molecule has 1 amide bonds. The number of nitrogens with one attached hydrogen (secondary N) is 1. The number of hydrogen-bond acceptors (Lipinski definition) is 8. The van der Waals surface area contributed by atoms with Gasteiger partial charge in [0.15, 0.2) is 0 Å². The van der Waals surface area contributed by atoms with Crippen LogP contribution in [0.2, 0.25) is 0 Å². The van der Waals surface area contributed by atoms with E-state index in [2.05, 4.69) is 10.2 Å². The Morgan fingerprint density at radius 1 is 1.12 bits per heavy atom. The second-order valence-electron chi connectivity index (χ2n) is 8.18. The van der Waals surface area contributed by atoms with Gasteiger partial charge in [0.1, 0.15) is 22.1 Å². The number of rotatable bonds is 5. The van der Waals surface area contributed by atoms with Crippen LogP contribution in [-0.2, 0) is 16.1 Å². The Kier molecular flexibility index (Phi) is 5.69. The number of nitrogens with zero attached hydrogens (tertiary/aromatic N) is 2. The van der Waals surface area contributed by atoms with Crippen LogP contribution in [0.15, 0.2) is 52.3 Å². The molecule has 33 heavy (non-hydrogen) atoms. The molecule has 172 valence electrons. The van der Waals surface area contributed by atoms with E-state index in [4.69, 9.17) is 14.0 Å². The largest absolute Gasteiger partial charge is 0.465 e. The molecule has 0 saturated carbocycles. The molecule has 2 aliphatic rings. The molecule has 0 bridgehead atoms. The Morgan fingerprint density at radius 2 is 1.91 bits per heavy atom. The number of esters is 1. The van der Waals surface area contributed by atoms with Gasteiger partial charge in [0.05, 0.1) is 26.3 Å². The van der Waals surface area contributed by atoms with Crippen molar-refractivity contribution >= 4 is 28.9 Å². The van der Waals surface area contributed by atoms with E-state index in [-0.39, 0.29) is 11.9 Å². The van der Waals surface area contributed by atoms with Crippen LogP contribution in [0.25, 0.3) is 11.3 Å². The number of fused-ring (bicyclic) bond motifs is 1. The van der Waals surface area contributed by atoms with E-state index in [1.54, 1.807) is 7.11 Å². The van der Waals surface area contributed by atoms with Gasteiger partial charge in [-0.25, -0.2) is 4.79 Å². The van der Waals surface area contributed by atoms with E-state index >= 15 is 0 Å². The predicted octanol–water partition coefficient (Wildman–Crippen LogP) is 4.22. The molecule has 0 atom stereocenters. The Balaban J connectivity index is 1.28. The van der Waals surface area contributed by atoms with Crippen LogP contribution < -0.4 is 5.32 Å². The van der Waals surface area contributed by atoms with Crippen LogP contribution in [0.1, 0.15) is 38.6 Å². The van der Waals surface area contributed by atoms with Gasteiger partial charge in [0, 0.05) is 37.2 Å². The Bertz CT molecular complexity index is 1180. The van der Waals surface area contributed by atoms with Crippen LogP contribution in [0.5, 0.6) is 0 Å². The first-order valence-corrected chi connectivity index (χ1v) is 11.7. The van der Waals surface area contributed by atoms with Gasteiger partial charge in [-0.05, 0) is 35.7 Å². The molecule has 2 aromatic heterocycles. The molecule has 1 aromatic carbocycles. The lowest BCUT2D eigenvalue weighted by Gasteiger charge is -2.50. The van der Waals surface area contributed by atoms with Crippen molar-refractivity contribution in [3.8, 4) is 11.3 Å². The third kappa shape index (κ3) is 3.82. The molecule has 2 aliphatic heterocycles. The standard InChI is InChI=1S/C24H25N3O5S/c1-30-23(29)21-18(9-14-33-21)20-8-7-16(32-20)15-26-12-10-24(11-13-26)25-19-6-4-3-5-17(19)22(28)27(24)31-2/h3-9,14,25H,10-13,15H2,1-2H3. The van der Waals surface area contributed by atoms with E-state index in [0.29, 0.717) is 35.6 Å². The molecular weight excluding hydrogens is 442 g/mol. The molecular formula is C24H25N3O5S. The van der Waals surface area contributed by atoms with Crippen molar-refractivity contribution in [2.75, 3.05) is 32.6 Å². The van der Waals surface area contributed by atoms with E-state index < -0.39 is 5.66 Å². The smallest absolute Gasteiger partial charge is 0.348 e. The summed E-state index contributed by atoms with van der Waals surface area (Å²) in [6, 6.07) is 13.2. The summed E-state index contributed by atoms with van der Waals surface area (Å²) >= 11 is 1.34. The van der Waals surface area contributed by atoms with Crippen molar-refractivity contribution in [1.82, 2.24) is 9.96 Å². The molecule has 1 saturated heterocycles. The summed E-state index contributed by atoms with van der Waals surface area (Å²) in [6.45, 7) is 2.18. The summed E-state index contributed by atoms with van der Waals surface area (Å²) < 4.78 is 10.9. The fraction of sp³-hybridized carbons (Fsp3) is 0.333. The maximum Gasteiger partial charge on any atom is 0.348 e. The first-order chi connectivity index (χ1) is 16.0. The number of hydrogen-bond donors (Lipinski definition) is 1. The zero-order valence-corrected chi connectivity index (χ0v) is 19.3. The lowest BCUT2D eigenvalue weighted by molar-refractivity contribution is -0.169. The number of thiophene rings is 1. The van der Waals surface area contributed by atoms with Crippen LogP contribution in [0.4, 0.5) is 5.69 Å². The number of anilines is 1. The molecule has 8 nitrogen and oxygen atoms in total. The number of carbonyl (C=O) groups excluding carboxylic acids is 2. The van der Waals surface area contributed by atoms with Crippen molar-refractivity contribution < 1.29 is 23.6 Å². The number of para-hydroxylation sites is 1. The lowest BCUT2D eigenvalue weighted by Crippen LogP contribution is -2.63. The summed E-state index contributed by atoms with van der Waals surface area (Å²) in [5.41, 5.74) is 1.64. The third-order valence-electron chi connectivity index (χ3n) is 6.31. The van der Waals surface area contributed by atoms with Crippen LogP contribution >= 0.6 is 11.3 Å². The van der Waals surface area contributed by atoms with Gasteiger partial charge < -0.3 is 14.5 Å². The van der Waals surface area contributed by atoms with Crippen molar-refractivity contribution in [1.29, 1.82) is 0 Å². The van der Waals surface area contributed by atoms with Gasteiger partial charge in [-0.15, -0.1) is 11.3 Å². The van der Waals surface area contributed by atoms with Crippen molar-refractivity contribution in [3.63, 3.8) is 0 Å². The van der Waals surface area contributed by atoms with Gasteiger partial charge in [0.25, 0.3) is 5.91 Å². The van der Waals surface area contributed by atoms with Crippen molar-refractivity contribution in [2.24, 2.45) is 0 Å². The van der Waals surface area contributed by atoms with Crippen LogP contribution in [0.3, 0.4) is 0 Å². The Morgan fingerprint density at radius 3 is 2.67 bits per heavy atom. The molecule has 4 heterocycles. The highest BCUT2D eigenvalue weighted by atomic mass is 32.1. The van der Waals surface area contributed by atoms with Gasteiger partial charge in [-0.1, -0.05) is 12.1 Å². The minimum atomic E-state index is -0.572. The summed E-state index contributed by atoms with van der Waals surface area (Å²) in [5.74, 6) is 0.998. The number of furan rings is 1. The van der Waals surface area contributed by atoms with Crippen molar-refractivity contribution in [2.45, 2.75) is 25.0 Å².